The monoisotopic (exact) mass is 296 g/mol. The summed E-state index contributed by atoms with van der Waals surface area (Å²) in [6, 6.07) is 4.84. The summed E-state index contributed by atoms with van der Waals surface area (Å²) in [5.41, 5.74) is 1.22. The first-order chi connectivity index (χ1) is 9.65. The lowest BCUT2D eigenvalue weighted by atomic mass is 10.1. The van der Waals surface area contributed by atoms with E-state index in [9.17, 15) is 9.18 Å². The van der Waals surface area contributed by atoms with Crippen molar-refractivity contribution in [1.82, 2.24) is 0 Å². The highest BCUT2D eigenvalue weighted by atomic mass is 32.2. The summed E-state index contributed by atoms with van der Waals surface area (Å²) in [5, 5.41) is 9.07. The molecule has 1 aliphatic rings. The molecule has 1 N–H and O–H groups in total. The van der Waals surface area contributed by atoms with Crippen LogP contribution in [0.15, 0.2) is 24.3 Å². The molecule has 0 radical (unpaired) electrons. The molecule has 0 saturated carbocycles. The summed E-state index contributed by atoms with van der Waals surface area (Å²) < 4.78 is 19.2. The molecular weight excluding hydrogens is 279 g/mol. The van der Waals surface area contributed by atoms with Crippen molar-refractivity contribution in [2.45, 2.75) is 23.8 Å². The van der Waals surface area contributed by atoms with Crippen LogP contribution >= 0.6 is 11.8 Å². The number of carboxylic acid groups (broad SMARTS) is 1. The third-order valence-electron chi connectivity index (χ3n) is 3.14. The molecule has 5 heteroatoms. The Morgan fingerprint density at radius 2 is 2.20 bits per heavy atom. The topological polar surface area (TPSA) is 46.5 Å². The zero-order chi connectivity index (χ0) is 14.4. The van der Waals surface area contributed by atoms with Gasteiger partial charge in [0.25, 0.3) is 0 Å². The summed E-state index contributed by atoms with van der Waals surface area (Å²) >= 11 is 1.76. The van der Waals surface area contributed by atoms with Crippen LogP contribution in [-0.4, -0.2) is 29.5 Å². The molecule has 1 saturated heterocycles. The SMILES string of the molecule is O=C(O)C=Cc1ccc(CSC2CCOCC2)c(F)c1. The average molecular weight is 296 g/mol. The van der Waals surface area contributed by atoms with Crippen molar-refractivity contribution in [3.8, 4) is 0 Å². The van der Waals surface area contributed by atoms with Gasteiger partial charge in [0, 0.05) is 30.3 Å². The van der Waals surface area contributed by atoms with E-state index in [1.807, 2.05) is 0 Å². The van der Waals surface area contributed by atoms with Crippen LogP contribution in [0.1, 0.15) is 24.0 Å². The van der Waals surface area contributed by atoms with Crippen molar-refractivity contribution in [3.05, 3.63) is 41.2 Å². The molecule has 0 unspecified atom stereocenters. The van der Waals surface area contributed by atoms with Gasteiger partial charge in [-0.15, -0.1) is 0 Å². The summed E-state index contributed by atoms with van der Waals surface area (Å²) in [4.78, 5) is 10.4. The molecule has 0 bridgehead atoms. The molecule has 1 aliphatic heterocycles. The van der Waals surface area contributed by atoms with E-state index in [4.69, 9.17) is 9.84 Å². The molecule has 108 valence electrons. The maximum Gasteiger partial charge on any atom is 0.328 e. The Balaban J connectivity index is 1.93. The van der Waals surface area contributed by atoms with E-state index in [0.29, 0.717) is 22.1 Å². The fourth-order valence-electron chi connectivity index (χ4n) is 2.00. The third-order valence-corrected chi connectivity index (χ3v) is 4.56. The number of aliphatic carboxylic acids is 1. The zero-order valence-electron chi connectivity index (χ0n) is 11.0. The fraction of sp³-hybridized carbons (Fsp3) is 0.400. The minimum atomic E-state index is -1.04. The van der Waals surface area contributed by atoms with Gasteiger partial charge in [0.1, 0.15) is 5.82 Å². The van der Waals surface area contributed by atoms with Crippen molar-refractivity contribution in [2.24, 2.45) is 0 Å². The molecule has 20 heavy (non-hydrogen) atoms. The summed E-state index contributed by atoms with van der Waals surface area (Å²) in [6.07, 6.45) is 4.43. The lowest BCUT2D eigenvalue weighted by Crippen LogP contribution is -2.17. The zero-order valence-corrected chi connectivity index (χ0v) is 11.9. The number of carboxylic acids is 1. The lowest BCUT2D eigenvalue weighted by Gasteiger charge is -2.21. The molecule has 2 rings (SSSR count). The number of thioether (sulfide) groups is 1. The Morgan fingerprint density at radius 3 is 2.85 bits per heavy atom. The normalized spacial score (nSPS) is 16.6. The number of carbonyl (C=O) groups is 1. The summed E-state index contributed by atoms with van der Waals surface area (Å²) in [7, 11) is 0. The molecular formula is C15H17FO3S. The maximum absolute atomic E-state index is 13.9. The van der Waals surface area contributed by atoms with Crippen LogP contribution in [0.5, 0.6) is 0 Å². The minimum Gasteiger partial charge on any atom is -0.478 e. The standard InChI is InChI=1S/C15H17FO3S/c16-14-9-11(2-4-15(17)18)1-3-12(14)10-20-13-5-7-19-8-6-13/h1-4,9,13H,5-8,10H2,(H,17,18). The molecule has 0 atom stereocenters. The van der Waals surface area contributed by atoms with Gasteiger partial charge in [-0.05, 0) is 36.1 Å². The minimum absolute atomic E-state index is 0.280. The number of hydrogen-bond acceptors (Lipinski definition) is 3. The third kappa shape index (κ3) is 4.65. The van der Waals surface area contributed by atoms with Crippen molar-refractivity contribution >= 4 is 23.8 Å². The fourth-order valence-corrected chi connectivity index (χ4v) is 3.18. The first kappa shape index (κ1) is 15.1. The van der Waals surface area contributed by atoms with Crippen LogP contribution < -0.4 is 0 Å². The first-order valence-corrected chi connectivity index (χ1v) is 7.59. The second-order valence-electron chi connectivity index (χ2n) is 4.65. The van der Waals surface area contributed by atoms with Crippen LogP contribution in [0, 0.1) is 5.82 Å². The summed E-state index contributed by atoms with van der Waals surface area (Å²) in [5.74, 6) is -0.680. The Hall–Kier alpha value is -1.33. The molecule has 1 aromatic carbocycles. The van der Waals surface area contributed by atoms with Gasteiger partial charge in [-0.1, -0.05) is 12.1 Å². The maximum atomic E-state index is 13.9. The second kappa shape index (κ2) is 7.45. The Morgan fingerprint density at radius 1 is 1.45 bits per heavy atom. The van der Waals surface area contributed by atoms with E-state index in [1.54, 1.807) is 23.9 Å². The molecule has 1 fully saturated rings. The highest BCUT2D eigenvalue weighted by Crippen LogP contribution is 2.26. The molecule has 0 aliphatic carbocycles. The predicted octanol–water partition coefficient (Wildman–Crippen LogP) is 3.34. The number of rotatable bonds is 5. The molecule has 0 aromatic heterocycles. The van der Waals surface area contributed by atoms with Gasteiger partial charge in [0.2, 0.25) is 0 Å². The van der Waals surface area contributed by atoms with Gasteiger partial charge in [-0.2, -0.15) is 11.8 Å². The van der Waals surface area contributed by atoms with E-state index in [2.05, 4.69) is 0 Å². The van der Waals surface area contributed by atoms with Gasteiger partial charge in [0.05, 0.1) is 0 Å². The number of benzene rings is 1. The van der Waals surface area contributed by atoms with E-state index < -0.39 is 5.97 Å². The highest BCUT2D eigenvalue weighted by Gasteiger charge is 2.15. The molecule has 1 aromatic rings. The van der Waals surface area contributed by atoms with Crippen LogP contribution in [0.2, 0.25) is 0 Å². The van der Waals surface area contributed by atoms with Crippen LogP contribution in [0.4, 0.5) is 4.39 Å². The van der Waals surface area contributed by atoms with Crippen molar-refractivity contribution < 1.29 is 19.0 Å². The van der Waals surface area contributed by atoms with Crippen LogP contribution in [0.3, 0.4) is 0 Å². The van der Waals surface area contributed by atoms with E-state index in [1.165, 1.54) is 12.1 Å². The molecule has 3 nitrogen and oxygen atoms in total. The number of hydrogen-bond donors (Lipinski definition) is 1. The largest absolute Gasteiger partial charge is 0.478 e. The van der Waals surface area contributed by atoms with Gasteiger partial charge in [-0.3, -0.25) is 0 Å². The first-order valence-electron chi connectivity index (χ1n) is 6.54. The average Bonchev–Trinajstić information content (AvgIpc) is 2.45. The molecule has 0 amide bonds. The van der Waals surface area contributed by atoms with Crippen molar-refractivity contribution in [3.63, 3.8) is 0 Å². The number of halogens is 1. The lowest BCUT2D eigenvalue weighted by molar-refractivity contribution is -0.131. The van der Waals surface area contributed by atoms with Crippen molar-refractivity contribution in [1.29, 1.82) is 0 Å². The summed E-state index contributed by atoms with van der Waals surface area (Å²) in [6.45, 7) is 1.58. The Kier molecular flexibility index (Phi) is 5.61. The van der Waals surface area contributed by atoms with Gasteiger partial charge < -0.3 is 9.84 Å². The van der Waals surface area contributed by atoms with E-state index in [0.717, 1.165) is 32.1 Å². The Labute approximate surface area is 121 Å². The van der Waals surface area contributed by atoms with Crippen LogP contribution in [0.25, 0.3) is 6.08 Å². The Bertz CT molecular complexity index is 496. The van der Waals surface area contributed by atoms with E-state index >= 15 is 0 Å². The van der Waals surface area contributed by atoms with Gasteiger partial charge in [-0.25, -0.2) is 9.18 Å². The number of ether oxygens (including phenoxy) is 1. The van der Waals surface area contributed by atoms with Crippen molar-refractivity contribution in [2.75, 3.05) is 13.2 Å². The van der Waals surface area contributed by atoms with E-state index in [-0.39, 0.29) is 5.82 Å². The highest BCUT2D eigenvalue weighted by molar-refractivity contribution is 7.99. The van der Waals surface area contributed by atoms with Gasteiger partial charge >= 0.3 is 5.97 Å². The molecule has 1 heterocycles. The molecule has 0 spiro atoms. The predicted molar refractivity (Wildman–Crippen MR) is 78.2 cm³/mol. The van der Waals surface area contributed by atoms with Crippen LogP contribution in [-0.2, 0) is 15.3 Å². The smallest absolute Gasteiger partial charge is 0.328 e. The second-order valence-corrected chi connectivity index (χ2v) is 5.93. The van der Waals surface area contributed by atoms with Gasteiger partial charge in [0.15, 0.2) is 0 Å². The quantitative estimate of drug-likeness (QED) is 0.847.